The average molecular weight is 391 g/mol. The lowest BCUT2D eigenvalue weighted by Gasteiger charge is -2.24. The second kappa shape index (κ2) is 11.1. The molecule has 7 nitrogen and oxygen atoms in total. The van der Waals surface area contributed by atoms with Gasteiger partial charge in [-0.25, -0.2) is 4.99 Å². The Morgan fingerprint density at radius 3 is 2.82 bits per heavy atom. The van der Waals surface area contributed by atoms with Gasteiger partial charge in [0, 0.05) is 52.9 Å². The van der Waals surface area contributed by atoms with Gasteiger partial charge in [-0.3, -0.25) is 9.48 Å². The van der Waals surface area contributed by atoms with Crippen LogP contribution in [0, 0.1) is 5.92 Å². The zero-order valence-corrected chi connectivity index (χ0v) is 18.3. The molecule has 158 valence electrons. The quantitative estimate of drug-likeness (QED) is 0.520. The number of aryl methyl sites for hydroxylation is 1. The summed E-state index contributed by atoms with van der Waals surface area (Å²) in [6.07, 6.45) is 10.0. The largest absolute Gasteiger partial charge is 0.356 e. The van der Waals surface area contributed by atoms with Crippen molar-refractivity contribution in [1.82, 2.24) is 24.9 Å². The first kappa shape index (κ1) is 22.2. The van der Waals surface area contributed by atoms with Crippen LogP contribution in [0.15, 0.2) is 17.4 Å². The van der Waals surface area contributed by atoms with Crippen molar-refractivity contribution in [3.8, 4) is 0 Å². The Labute approximate surface area is 170 Å². The fourth-order valence-corrected chi connectivity index (χ4v) is 3.61. The first-order valence-corrected chi connectivity index (χ1v) is 10.7. The van der Waals surface area contributed by atoms with E-state index in [1.54, 1.807) is 19.0 Å². The Kier molecular flexibility index (Phi) is 8.80. The van der Waals surface area contributed by atoms with Crippen molar-refractivity contribution in [1.29, 1.82) is 0 Å². The molecule has 28 heavy (non-hydrogen) atoms. The highest BCUT2D eigenvalue weighted by Crippen LogP contribution is 2.26. The number of hydrogen-bond donors (Lipinski definition) is 1. The number of guanidine groups is 1. The molecule has 7 heteroatoms. The van der Waals surface area contributed by atoms with Crippen molar-refractivity contribution in [2.45, 2.75) is 51.9 Å². The number of carbonyl (C=O) groups is 1. The van der Waals surface area contributed by atoms with Crippen molar-refractivity contribution in [2.75, 3.05) is 40.3 Å². The van der Waals surface area contributed by atoms with E-state index in [2.05, 4.69) is 40.4 Å². The molecule has 1 amide bonds. The molecule has 2 rings (SSSR count). The smallest absolute Gasteiger partial charge is 0.243 e. The van der Waals surface area contributed by atoms with Crippen molar-refractivity contribution >= 4 is 11.9 Å². The van der Waals surface area contributed by atoms with E-state index in [4.69, 9.17) is 0 Å². The molecule has 0 radical (unpaired) electrons. The van der Waals surface area contributed by atoms with Crippen LogP contribution in [0.25, 0.3) is 0 Å². The summed E-state index contributed by atoms with van der Waals surface area (Å²) in [5.41, 5.74) is 1.28. The minimum Gasteiger partial charge on any atom is -0.356 e. The van der Waals surface area contributed by atoms with Crippen molar-refractivity contribution in [3.05, 3.63) is 18.0 Å². The molecule has 1 N–H and O–H groups in total. The molecule has 2 heterocycles. The highest BCUT2D eigenvalue weighted by molar-refractivity contribution is 5.85. The molecular formula is C21H38N6O. The van der Waals surface area contributed by atoms with Crippen LogP contribution in [0.3, 0.4) is 0 Å². The number of nitrogens with one attached hydrogen (secondary N) is 1. The number of aromatic nitrogens is 2. The first-order chi connectivity index (χ1) is 13.4. The van der Waals surface area contributed by atoms with E-state index >= 15 is 0 Å². The molecule has 1 fully saturated rings. The lowest BCUT2D eigenvalue weighted by molar-refractivity contribution is -0.127. The van der Waals surface area contributed by atoms with E-state index in [0.29, 0.717) is 11.8 Å². The van der Waals surface area contributed by atoms with E-state index in [0.717, 1.165) is 38.4 Å². The van der Waals surface area contributed by atoms with Crippen LogP contribution in [-0.4, -0.2) is 71.7 Å². The van der Waals surface area contributed by atoms with E-state index in [1.807, 2.05) is 17.9 Å². The van der Waals surface area contributed by atoms with Gasteiger partial charge in [0.15, 0.2) is 5.96 Å². The zero-order valence-electron chi connectivity index (χ0n) is 18.3. The highest BCUT2D eigenvalue weighted by Gasteiger charge is 2.27. The minimum absolute atomic E-state index is 0.0281. The topological polar surface area (TPSA) is 65.8 Å². The highest BCUT2D eigenvalue weighted by atomic mass is 16.2. The Bertz CT molecular complexity index is 639. The number of nitrogens with zero attached hydrogens (tertiary/aromatic N) is 5. The van der Waals surface area contributed by atoms with Gasteiger partial charge in [-0.05, 0) is 24.3 Å². The van der Waals surface area contributed by atoms with Gasteiger partial charge in [0.25, 0.3) is 0 Å². The summed E-state index contributed by atoms with van der Waals surface area (Å²) in [6, 6.07) is 0. The third-order valence-electron chi connectivity index (χ3n) is 5.64. The van der Waals surface area contributed by atoms with Gasteiger partial charge in [-0.2, -0.15) is 5.10 Å². The third kappa shape index (κ3) is 6.53. The standard InChI is InChI=1S/C21H38N6O/c1-6-8-9-17(7-2)12-22-21(23-14-20(28)25(3)4)27-11-10-18(16-27)19-13-24-26(5)15-19/h13,15,17-18H,6-12,14,16H2,1-5H3,(H,22,23). The molecule has 0 spiro atoms. The molecule has 0 bridgehead atoms. The SMILES string of the molecule is CCCCC(CC)CNC(=NCC(=O)N(C)C)N1CCC(c2cnn(C)c2)C1. The van der Waals surface area contributed by atoms with Gasteiger partial charge in [0.1, 0.15) is 6.54 Å². The van der Waals surface area contributed by atoms with E-state index in [-0.39, 0.29) is 12.5 Å². The van der Waals surface area contributed by atoms with Gasteiger partial charge in [-0.15, -0.1) is 0 Å². The van der Waals surface area contributed by atoms with E-state index in [9.17, 15) is 4.79 Å². The molecule has 1 saturated heterocycles. The van der Waals surface area contributed by atoms with Crippen LogP contribution in [0.5, 0.6) is 0 Å². The van der Waals surface area contributed by atoms with E-state index in [1.165, 1.54) is 24.8 Å². The first-order valence-electron chi connectivity index (χ1n) is 10.7. The van der Waals surface area contributed by atoms with Crippen LogP contribution >= 0.6 is 0 Å². The number of rotatable bonds is 9. The van der Waals surface area contributed by atoms with Crippen LogP contribution in [0.4, 0.5) is 0 Å². The summed E-state index contributed by atoms with van der Waals surface area (Å²) in [5.74, 6) is 2.01. The maximum absolute atomic E-state index is 12.0. The molecule has 0 aromatic carbocycles. The summed E-state index contributed by atoms with van der Waals surface area (Å²) < 4.78 is 1.86. The summed E-state index contributed by atoms with van der Waals surface area (Å²) in [4.78, 5) is 20.6. The molecule has 1 aliphatic heterocycles. The number of aliphatic imine (C=N–C) groups is 1. The second-order valence-corrected chi connectivity index (χ2v) is 8.10. The normalized spacial score (nSPS) is 18.4. The number of likely N-dealkylation sites (N-methyl/N-ethyl adjacent to an activating group) is 1. The number of amides is 1. The fourth-order valence-electron chi connectivity index (χ4n) is 3.61. The van der Waals surface area contributed by atoms with Crippen molar-refractivity contribution in [3.63, 3.8) is 0 Å². The molecule has 1 aromatic heterocycles. The maximum atomic E-state index is 12.0. The number of hydrogen-bond acceptors (Lipinski definition) is 3. The predicted octanol–water partition coefficient (Wildman–Crippen LogP) is 2.46. The summed E-state index contributed by atoms with van der Waals surface area (Å²) in [6.45, 7) is 7.47. The molecule has 1 aliphatic rings. The monoisotopic (exact) mass is 390 g/mol. The Hall–Kier alpha value is -2.05. The average Bonchev–Trinajstić information content (AvgIpc) is 3.32. The number of unbranched alkanes of at least 4 members (excludes halogenated alkanes) is 1. The lowest BCUT2D eigenvalue weighted by atomic mass is 9.99. The number of likely N-dealkylation sites (tertiary alicyclic amines) is 1. The second-order valence-electron chi connectivity index (χ2n) is 8.10. The molecule has 2 atom stereocenters. The van der Waals surface area contributed by atoms with Crippen LogP contribution < -0.4 is 5.32 Å². The van der Waals surface area contributed by atoms with Gasteiger partial charge >= 0.3 is 0 Å². The van der Waals surface area contributed by atoms with E-state index < -0.39 is 0 Å². The van der Waals surface area contributed by atoms with Gasteiger partial charge in [0.2, 0.25) is 5.91 Å². The van der Waals surface area contributed by atoms with Crippen LogP contribution in [0.2, 0.25) is 0 Å². The summed E-state index contributed by atoms with van der Waals surface area (Å²) in [7, 11) is 5.51. The van der Waals surface area contributed by atoms with Crippen LogP contribution in [0.1, 0.15) is 57.4 Å². The van der Waals surface area contributed by atoms with Gasteiger partial charge in [-0.1, -0.05) is 33.1 Å². The summed E-state index contributed by atoms with van der Waals surface area (Å²) in [5, 5.41) is 7.89. The molecule has 0 saturated carbocycles. The Morgan fingerprint density at radius 1 is 1.43 bits per heavy atom. The predicted molar refractivity (Wildman–Crippen MR) is 114 cm³/mol. The fraction of sp³-hybridized carbons (Fsp3) is 0.762. The maximum Gasteiger partial charge on any atom is 0.243 e. The van der Waals surface area contributed by atoms with Crippen molar-refractivity contribution < 1.29 is 4.79 Å². The Balaban J connectivity index is 2.03. The molecular weight excluding hydrogens is 352 g/mol. The summed E-state index contributed by atoms with van der Waals surface area (Å²) >= 11 is 0. The third-order valence-corrected chi connectivity index (χ3v) is 5.64. The minimum atomic E-state index is 0.0281. The lowest BCUT2D eigenvalue weighted by Crippen LogP contribution is -2.42. The zero-order chi connectivity index (χ0) is 20.5. The van der Waals surface area contributed by atoms with Gasteiger partial charge in [0.05, 0.1) is 6.20 Å². The molecule has 2 unspecified atom stereocenters. The van der Waals surface area contributed by atoms with Crippen LogP contribution in [-0.2, 0) is 11.8 Å². The molecule has 1 aromatic rings. The Morgan fingerprint density at radius 2 is 2.21 bits per heavy atom. The van der Waals surface area contributed by atoms with Crippen molar-refractivity contribution in [2.24, 2.45) is 18.0 Å². The number of carbonyl (C=O) groups excluding carboxylic acids is 1. The van der Waals surface area contributed by atoms with Gasteiger partial charge < -0.3 is 15.1 Å². The molecule has 0 aliphatic carbocycles.